The maximum absolute atomic E-state index is 12.8. The molecule has 134 valence electrons. The lowest BCUT2D eigenvalue weighted by molar-refractivity contribution is 0.0996. The first kappa shape index (κ1) is 16.9. The number of hydrogen-bond acceptors (Lipinski definition) is 6. The number of pyridine rings is 2. The second-order valence-corrected chi connectivity index (χ2v) is 6.85. The molecule has 0 unspecified atom stereocenters. The molecular weight excluding hydrogens is 364 g/mol. The van der Waals surface area contributed by atoms with Crippen LogP contribution in [0.3, 0.4) is 0 Å². The van der Waals surface area contributed by atoms with E-state index in [4.69, 9.17) is 5.73 Å². The topological polar surface area (TPSA) is 115 Å². The summed E-state index contributed by atoms with van der Waals surface area (Å²) in [6, 6.07) is 5.31. The minimum absolute atomic E-state index is 0.229. The number of anilines is 1. The van der Waals surface area contributed by atoms with Crippen LogP contribution in [0.25, 0.3) is 15.3 Å². The Labute approximate surface area is 157 Å². The van der Waals surface area contributed by atoms with Crippen molar-refractivity contribution in [2.45, 2.75) is 6.92 Å². The van der Waals surface area contributed by atoms with Crippen LogP contribution >= 0.6 is 11.3 Å². The van der Waals surface area contributed by atoms with Crippen molar-refractivity contribution in [3.63, 3.8) is 0 Å². The van der Waals surface area contributed by atoms with E-state index in [1.807, 2.05) is 18.3 Å². The first-order valence-electron chi connectivity index (χ1n) is 7.98. The molecule has 3 N–H and O–H groups in total. The molecule has 0 aliphatic carbocycles. The number of hydrogen-bond donors (Lipinski definition) is 2. The molecule has 0 aliphatic rings. The van der Waals surface area contributed by atoms with Crippen LogP contribution in [0.5, 0.6) is 0 Å². The molecule has 4 heterocycles. The van der Waals surface area contributed by atoms with Gasteiger partial charge in [-0.1, -0.05) is 0 Å². The summed E-state index contributed by atoms with van der Waals surface area (Å²) < 4.78 is 1.67. The molecule has 2 amide bonds. The lowest BCUT2D eigenvalue weighted by atomic mass is 10.2. The van der Waals surface area contributed by atoms with Gasteiger partial charge in [0.25, 0.3) is 5.91 Å². The smallest absolute Gasteiger partial charge is 0.260 e. The largest absolute Gasteiger partial charge is 0.366 e. The molecule has 0 fully saturated rings. The first-order valence-corrected chi connectivity index (χ1v) is 8.80. The van der Waals surface area contributed by atoms with E-state index >= 15 is 0 Å². The molecule has 4 aromatic rings. The van der Waals surface area contributed by atoms with Crippen molar-refractivity contribution >= 4 is 33.7 Å². The van der Waals surface area contributed by atoms with E-state index in [1.165, 1.54) is 29.8 Å². The molecule has 0 atom stereocenters. The summed E-state index contributed by atoms with van der Waals surface area (Å²) in [5.74, 6) is -0.939. The van der Waals surface area contributed by atoms with E-state index in [-0.39, 0.29) is 11.5 Å². The molecule has 0 aliphatic heterocycles. The van der Waals surface area contributed by atoms with Gasteiger partial charge >= 0.3 is 0 Å². The van der Waals surface area contributed by atoms with Gasteiger partial charge in [-0.15, -0.1) is 11.3 Å². The standard InChI is InChI=1S/C18H14N6O2S/c1-10-14(6-12(7-21-10)16(19)25)23-17(26)13-8-22-24-9-15(27-18(13)24)11-2-4-20-5-3-11/h2-9H,1H3,(H2,19,25)(H,23,26). The number of carbonyl (C=O) groups excluding carboxylic acids is 2. The molecule has 8 nitrogen and oxygen atoms in total. The summed E-state index contributed by atoms with van der Waals surface area (Å²) >= 11 is 1.46. The Balaban J connectivity index is 1.67. The highest BCUT2D eigenvalue weighted by molar-refractivity contribution is 7.21. The van der Waals surface area contributed by atoms with Gasteiger partial charge in [-0.2, -0.15) is 5.10 Å². The average molecular weight is 378 g/mol. The summed E-state index contributed by atoms with van der Waals surface area (Å²) in [4.78, 5) is 33.9. The van der Waals surface area contributed by atoms with Crippen LogP contribution < -0.4 is 11.1 Å². The van der Waals surface area contributed by atoms with Crippen LogP contribution in [0.4, 0.5) is 5.69 Å². The molecule has 0 bridgehead atoms. The SMILES string of the molecule is Cc1ncc(C(N)=O)cc1NC(=O)c1cnn2cc(-c3ccncc3)sc12. The summed E-state index contributed by atoms with van der Waals surface area (Å²) in [7, 11) is 0. The van der Waals surface area contributed by atoms with E-state index in [1.54, 1.807) is 23.8 Å². The van der Waals surface area contributed by atoms with E-state index in [9.17, 15) is 9.59 Å². The van der Waals surface area contributed by atoms with Gasteiger partial charge in [0.2, 0.25) is 5.91 Å². The van der Waals surface area contributed by atoms with Gasteiger partial charge in [-0.05, 0) is 30.7 Å². The third-order valence-corrected chi connectivity index (χ3v) is 5.19. The van der Waals surface area contributed by atoms with Crippen LogP contribution in [0.15, 0.2) is 49.2 Å². The van der Waals surface area contributed by atoms with Crippen LogP contribution in [0, 0.1) is 6.92 Å². The van der Waals surface area contributed by atoms with Crippen molar-refractivity contribution in [3.05, 3.63) is 66.0 Å². The lowest BCUT2D eigenvalue weighted by Gasteiger charge is -2.08. The predicted octanol–water partition coefficient (Wildman–Crippen LogP) is 2.51. The third-order valence-electron chi connectivity index (χ3n) is 4.02. The number of amides is 2. The first-order chi connectivity index (χ1) is 13.0. The van der Waals surface area contributed by atoms with Gasteiger partial charge < -0.3 is 11.1 Å². The molecule has 0 aromatic carbocycles. The van der Waals surface area contributed by atoms with Crippen LogP contribution in [-0.4, -0.2) is 31.4 Å². The molecule has 4 aromatic heterocycles. The maximum Gasteiger partial charge on any atom is 0.260 e. The monoisotopic (exact) mass is 378 g/mol. The Kier molecular flexibility index (Phi) is 4.13. The van der Waals surface area contributed by atoms with Crippen molar-refractivity contribution in [3.8, 4) is 10.4 Å². The van der Waals surface area contributed by atoms with Gasteiger partial charge in [0.1, 0.15) is 4.83 Å². The van der Waals surface area contributed by atoms with Crippen LogP contribution in [-0.2, 0) is 0 Å². The molecule has 27 heavy (non-hydrogen) atoms. The average Bonchev–Trinajstić information content (AvgIpc) is 3.24. The second kappa shape index (κ2) is 6.61. The number of aromatic nitrogens is 4. The van der Waals surface area contributed by atoms with Crippen LogP contribution in [0.2, 0.25) is 0 Å². The summed E-state index contributed by atoms with van der Waals surface area (Å²) in [5.41, 5.74) is 7.96. The highest BCUT2D eigenvalue weighted by atomic mass is 32.1. The number of nitrogens with one attached hydrogen (secondary N) is 1. The molecule has 0 saturated heterocycles. The Morgan fingerprint density at radius 2 is 2.00 bits per heavy atom. The number of carbonyl (C=O) groups is 2. The molecule has 0 saturated carbocycles. The van der Waals surface area contributed by atoms with E-state index < -0.39 is 5.91 Å². The van der Waals surface area contributed by atoms with Crippen molar-refractivity contribution < 1.29 is 9.59 Å². The van der Waals surface area contributed by atoms with Gasteiger partial charge in [-0.3, -0.25) is 19.6 Å². The molecule has 0 radical (unpaired) electrons. The van der Waals surface area contributed by atoms with Crippen molar-refractivity contribution in [1.82, 2.24) is 19.6 Å². The highest BCUT2D eigenvalue weighted by Crippen LogP contribution is 2.30. The molecule has 9 heteroatoms. The van der Waals surface area contributed by atoms with Crippen LogP contribution in [0.1, 0.15) is 26.4 Å². The fraction of sp³-hybridized carbons (Fsp3) is 0.0556. The maximum atomic E-state index is 12.8. The van der Waals surface area contributed by atoms with Crippen molar-refractivity contribution in [1.29, 1.82) is 0 Å². The van der Waals surface area contributed by atoms with Gasteiger partial charge in [0.15, 0.2) is 0 Å². The molecular formula is C18H14N6O2S. The number of nitrogens with zero attached hydrogens (tertiary/aromatic N) is 4. The highest BCUT2D eigenvalue weighted by Gasteiger charge is 2.18. The van der Waals surface area contributed by atoms with E-state index in [2.05, 4.69) is 20.4 Å². The van der Waals surface area contributed by atoms with Gasteiger partial charge in [0.05, 0.1) is 33.6 Å². The predicted molar refractivity (Wildman–Crippen MR) is 102 cm³/mol. The van der Waals surface area contributed by atoms with Crippen molar-refractivity contribution in [2.24, 2.45) is 5.73 Å². The zero-order valence-corrected chi connectivity index (χ0v) is 15.0. The Morgan fingerprint density at radius 1 is 1.22 bits per heavy atom. The van der Waals surface area contributed by atoms with Gasteiger partial charge in [-0.25, -0.2) is 4.52 Å². The molecule has 4 rings (SSSR count). The molecule has 0 spiro atoms. The zero-order chi connectivity index (χ0) is 19.0. The number of primary amides is 1. The summed E-state index contributed by atoms with van der Waals surface area (Å²) in [6.07, 6.45) is 8.19. The minimum Gasteiger partial charge on any atom is -0.366 e. The quantitative estimate of drug-likeness (QED) is 0.566. The number of aryl methyl sites for hydroxylation is 1. The Hall–Kier alpha value is -3.59. The number of rotatable bonds is 4. The summed E-state index contributed by atoms with van der Waals surface area (Å²) in [6.45, 7) is 1.74. The fourth-order valence-corrected chi connectivity index (χ4v) is 3.64. The Bertz CT molecular complexity index is 1170. The fourth-order valence-electron chi connectivity index (χ4n) is 2.58. The van der Waals surface area contributed by atoms with Gasteiger partial charge in [0, 0.05) is 24.8 Å². The summed E-state index contributed by atoms with van der Waals surface area (Å²) in [5, 5.41) is 7.04. The number of thiazole rings is 1. The normalized spacial score (nSPS) is 10.9. The second-order valence-electron chi connectivity index (χ2n) is 5.81. The van der Waals surface area contributed by atoms with Crippen molar-refractivity contribution in [2.75, 3.05) is 5.32 Å². The van der Waals surface area contributed by atoms with E-state index in [0.29, 0.717) is 16.9 Å². The number of nitrogens with two attached hydrogens (primary N) is 1. The zero-order valence-electron chi connectivity index (χ0n) is 14.2. The van der Waals surface area contributed by atoms with E-state index in [0.717, 1.165) is 15.3 Å². The lowest BCUT2D eigenvalue weighted by Crippen LogP contribution is -2.16. The number of fused-ring (bicyclic) bond motifs is 1. The third kappa shape index (κ3) is 3.15. The Morgan fingerprint density at radius 3 is 2.74 bits per heavy atom. The minimum atomic E-state index is -0.605.